The molecule has 2 aromatic heterocycles. The van der Waals surface area contributed by atoms with E-state index in [1.807, 2.05) is 6.07 Å². The zero-order valence-electron chi connectivity index (χ0n) is 12.0. The van der Waals surface area contributed by atoms with Crippen molar-refractivity contribution in [3.05, 3.63) is 53.1 Å². The Labute approximate surface area is 136 Å². The van der Waals surface area contributed by atoms with E-state index < -0.39 is 5.95 Å². The number of rotatable bonds is 3. The van der Waals surface area contributed by atoms with E-state index >= 15 is 0 Å². The van der Waals surface area contributed by atoms with Crippen molar-refractivity contribution in [1.29, 1.82) is 5.26 Å². The summed E-state index contributed by atoms with van der Waals surface area (Å²) in [6.07, 6.45) is 1.37. The second kappa shape index (κ2) is 6.02. The first-order valence-electron chi connectivity index (χ1n) is 6.56. The highest BCUT2D eigenvalue weighted by Crippen LogP contribution is 2.23. The summed E-state index contributed by atoms with van der Waals surface area (Å²) in [5.74, 6) is 0.320. The second-order valence-electron chi connectivity index (χ2n) is 4.68. The number of nitrogens with zero attached hydrogens (tertiary/aromatic N) is 5. The maximum Gasteiger partial charge on any atom is 0.225 e. The normalized spacial score (nSPS) is 10.3. The second-order valence-corrected chi connectivity index (χ2v) is 5.09. The zero-order chi connectivity index (χ0) is 16.4. The quantitative estimate of drug-likeness (QED) is 0.746. The van der Waals surface area contributed by atoms with Crippen LogP contribution in [0.3, 0.4) is 0 Å². The van der Waals surface area contributed by atoms with E-state index in [-0.39, 0.29) is 0 Å². The molecule has 23 heavy (non-hydrogen) atoms. The number of nitriles is 1. The van der Waals surface area contributed by atoms with Crippen LogP contribution in [0.4, 0.5) is 16.0 Å². The molecule has 0 fully saturated rings. The summed E-state index contributed by atoms with van der Waals surface area (Å²) >= 11 is 5.91. The molecule has 8 heteroatoms. The van der Waals surface area contributed by atoms with Crippen molar-refractivity contribution in [3.63, 3.8) is 0 Å². The van der Waals surface area contributed by atoms with Crippen molar-refractivity contribution in [2.45, 2.75) is 0 Å². The molecule has 1 aromatic carbocycles. The first-order valence-corrected chi connectivity index (χ1v) is 6.94. The predicted molar refractivity (Wildman–Crippen MR) is 83.6 cm³/mol. The lowest BCUT2D eigenvalue weighted by Crippen LogP contribution is -2.00. The minimum absolute atomic E-state index is 0.363. The molecule has 0 atom stereocenters. The lowest BCUT2D eigenvalue weighted by Gasteiger charge is -2.05. The summed E-state index contributed by atoms with van der Waals surface area (Å²) in [6, 6.07) is 9.80. The molecule has 0 amide bonds. The molecule has 3 rings (SSSR count). The van der Waals surface area contributed by atoms with Crippen molar-refractivity contribution in [2.75, 3.05) is 5.32 Å². The Morgan fingerprint density at radius 1 is 1.30 bits per heavy atom. The minimum atomic E-state index is -0.562. The van der Waals surface area contributed by atoms with Gasteiger partial charge in [-0.2, -0.15) is 14.6 Å². The standard InChI is InChI=1S/C15H10ClFN6/c1-23-15(20-11-3-4-12(16)10(6-11)7-18)21-14(22-23)9-2-5-13(17)19-8-9/h2-6,8H,1H3,(H,20,21,22). The Morgan fingerprint density at radius 2 is 2.13 bits per heavy atom. The fourth-order valence-corrected chi connectivity index (χ4v) is 2.10. The molecule has 6 nitrogen and oxygen atoms in total. The van der Waals surface area contributed by atoms with Gasteiger partial charge in [-0.25, -0.2) is 9.67 Å². The summed E-state index contributed by atoms with van der Waals surface area (Å²) in [4.78, 5) is 7.93. The number of halogens is 2. The molecule has 0 spiro atoms. The highest BCUT2D eigenvalue weighted by atomic mass is 35.5. The predicted octanol–water partition coefficient (Wildman–Crippen LogP) is 3.28. The Bertz CT molecular complexity index is 897. The van der Waals surface area contributed by atoms with E-state index in [0.29, 0.717) is 33.6 Å². The highest BCUT2D eigenvalue weighted by Gasteiger charge is 2.11. The van der Waals surface area contributed by atoms with Gasteiger partial charge in [0.05, 0.1) is 10.6 Å². The van der Waals surface area contributed by atoms with Crippen molar-refractivity contribution in [2.24, 2.45) is 7.05 Å². The maximum atomic E-state index is 12.9. The fraction of sp³-hybridized carbons (Fsp3) is 0.0667. The van der Waals surface area contributed by atoms with E-state index in [4.69, 9.17) is 16.9 Å². The van der Waals surface area contributed by atoms with Crippen LogP contribution in [-0.4, -0.2) is 19.7 Å². The van der Waals surface area contributed by atoms with E-state index in [2.05, 4.69) is 20.4 Å². The van der Waals surface area contributed by atoms with Gasteiger partial charge in [-0.15, -0.1) is 5.10 Å². The Hall–Kier alpha value is -2.98. The molecule has 0 bridgehead atoms. The third kappa shape index (κ3) is 3.12. The van der Waals surface area contributed by atoms with Crippen LogP contribution in [0.25, 0.3) is 11.4 Å². The molecule has 1 N–H and O–H groups in total. The van der Waals surface area contributed by atoms with Gasteiger partial charge >= 0.3 is 0 Å². The summed E-state index contributed by atoms with van der Waals surface area (Å²) in [5, 5.41) is 16.7. The van der Waals surface area contributed by atoms with Crippen LogP contribution in [0.5, 0.6) is 0 Å². The van der Waals surface area contributed by atoms with Gasteiger partial charge in [-0.3, -0.25) is 0 Å². The van der Waals surface area contributed by atoms with Crippen molar-refractivity contribution in [3.8, 4) is 17.5 Å². The van der Waals surface area contributed by atoms with Gasteiger partial charge in [0.25, 0.3) is 0 Å². The summed E-state index contributed by atoms with van der Waals surface area (Å²) < 4.78 is 14.4. The van der Waals surface area contributed by atoms with Crippen LogP contribution in [-0.2, 0) is 7.05 Å². The molecular weight excluding hydrogens is 319 g/mol. The number of benzene rings is 1. The first-order chi connectivity index (χ1) is 11.1. The number of hydrogen-bond acceptors (Lipinski definition) is 5. The topological polar surface area (TPSA) is 79.4 Å². The van der Waals surface area contributed by atoms with Crippen LogP contribution in [0.2, 0.25) is 5.02 Å². The van der Waals surface area contributed by atoms with E-state index in [0.717, 1.165) is 0 Å². The Morgan fingerprint density at radius 3 is 2.83 bits per heavy atom. The number of nitrogens with one attached hydrogen (secondary N) is 1. The molecule has 0 aliphatic carbocycles. The SMILES string of the molecule is Cn1nc(-c2ccc(F)nc2)nc1Nc1ccc(Cl)c(C#N)c1. The average Bonchev–Trinajstić information content (AvgIpc) is 2.91. The average molecular weight is 329 g/mol. The first kappa shape index (κ1) is 14.9. The lowest BCUT2D eigenvalue weighted by molar-refractivity contribution is 0.584. The monoisotopic (exact) mass is 328 g/mol. The van der Waals surface area contributed by atoms with Crippen LogP contribution >= 0.6 is 11.6 Å². The van der Waals surface area contributed by atoms with Gasteiger partial charge in [-0.1, -0.05) is 11.6 Å². The molecule has 0 radical (unpaired) electrons. The summed E-state index contributed by atoms with van der Waals surface area (Å²) in [6.45, 7) is 0. The molecule has 0 unspecified atom stereocenters. The fourth-order valence-electron chi connectivity index (χ4n) is 1.94. The number of anilines is 2. The Balaban J connectivity index is 1.90. The van der Waals surface area contributed by atoms with Crippen molar-refractivity contribution < 1.29 is 4.39 Å². The number of pyridine rings is 1. The molecular formula is C15H10ClFN6. The maximum absolute atomic E-state index is 12.9. The molecule has 114 valence electrons. The molecule has 3 aromatic rings. The van der Waals surface area contributed by atoms with Crippen LogP contribution in [0.1, 0.15) is 5.56 Å². The van der Waals surface area contributed by atoms with E-state index in [1.165, 1.54) is 12.3 Å². The van der Waals surface area contributed by atoms with Gasteiger partial charge in [0.2, 0.25) is 11.9 Å². The van der Waals surface area contributed by atoms with Gasteiger partial charge < -0.3 is 5.32 Å². The molecule has 0 saturated carbocycles. The van der Waals surface area contributed by atoms with Crippen LogP contribution in [0.15, 0.2) is 36.5 Å². The largest absolute Gasteiger partial charge is 0.324 e. The third-order valence-corrected chi connectivity index (χ3v) is 3.42. The third-order valence-electron chi connectivity index (χ3n) is 3.09. The molecule has 0 aliphatic heterocycles. The van der Waals surface area contributed by atoms with E-state index in [1.54, 1.807) is 36.0 Å². The number of hydrogen-bond donors (Lipinski definition) is 1. The van der Waals surface area contributed by atoms with Crippen molar-refractivity contribution in [1.82, 2.24) is 19.7 Å². The van der Waals surface area contributed by atoms with Crippen LogP contribution < -0.4 is 5.32 Å². The van der Waals surface area contributed by atoms with Crippen LogP contribution in [0, 0.1) is 17.3 Å². The summed E-state index contributed by atoms with van der Waals surface area (Å²) in [5.41, 5.74) is 1.62. The number of aryl methyl sites for hydroxylation is 1. The van der Waals surface area contributed by atoms with E-state index in [9.17, 15) is 4.39 Å². The molecule has 0 saturated heterocycles. The van der Waals surface area contributed by atoms with Gasteiger partial charge in [0.1, 0.15) is 6.07 Å². The van der Waals surface area contributed by atoms with Gasteiger partial charge in [0.15, 0.2) is 5.82 Å². The zero-order valence-corrected chi connectivity index (χ0v) is 12.7. The smallest absolute Gasteiger partial charge is 0.225 e. The lowest BCUT2D eigenvalue weighted by atomic mass is 10.2. The van der Waals surface area contributed by atoms with Gasteiger partial charge in [0, 0.05) is 24.5 Å². The summed E-state index contributed by atoms with van der Waals surface area (Å²) in [7, 11) is 1.72. The molecule has 2 heterocycles. The number of aromatic nitrogens is 4. The highest BCUT2D eigenvalue weighted by molar-refractivity contribution is 6.31. The van der Waals surface area contributed by atoms with Gasteiger partial charge in [-0.05, 0) is 30.3 Å². The molecule has 0 aliphatic rings. The Kier molecular flexibility index (Phi) is 3.91. The van der Waals surface area contributed by atoms with Crippen molar-refractivity contribution >= 4 is 23.2 Å². The minimum Gasteiger partial charge on any atom is -0.324 e.